The molecule has 3 aliphatic heterocycles. The van der Waals surface area contributed by atoms with E-state index in [0.717, 1.165) is 25.4 Å². The number of carbonyl (C=O) groups excluding carboxylic acids is 2. The highest BCUT2D eigenvalue weighted by Gasteiger charge is 2.35. The van der Waals surface area contributed by atoms with Gasteiger partial charge in [0.1, 0.15) is 0 Å². The van der Waals surface area contributed by atoms with Crippen LogP contribution in [0.15, 0.2) is 11.1 Å². The van der Waals surface area contributed by atoms with Crippen molar-refractivity contribution in [3.8, 4) is 6.07 Å². The quantitative estimate of drug-likeness (QED) is 0.184. The molecule has 0 radical (unpaired) electrons. The molecule has 2 amide bonds. The van der Waals surface area contributed by atoms with Crippen LogP contribution in [0.5, 0.6) is 0 Å². The Balaban J connectivity index is 1.45. The summed E-state index contributed by atoms with van der Waals surface area (Å²) in [6.45, 7) is 2.94. The Labute approximate surface area is 193 Å². The molecule has 0 aromatic rings. The zero-order valence-corrected chi connectivity index (χ0v) is 19.6. The SMILES string of the molecule is CNC1NCNC1C(NC)N1C=C(C(=O)NCCNC(=O)C2CC(C#N)CCN2)SCC1. The van der Waals surface area contributed by atoms with Gasteiger partial charge in [0, 0.05) is 44.2 Å². The maximum atomic E-state index is 12.7. The molecule has 2 fully saturated rings. The minimum Gasteiger partial charge on any atom is -0.358 e. The number of rotatable bonds is 9. The number of amides is 2. The largest absolute Gasteiger partial charge is 0.358 e. The molecule has 0 spiro atoms. The number of nitrogens with zero attached hydrogens (tertiary/aromatic N) is 2. The molecule has 0 aromatic heterocycles. The van der Waals surface area contributed by atoms with Crippen molar-refractivity contribution in [3.05, 3.63) is 11.1 Å². The lowest BCUT2D eigenvalue weighted by Gasteiger charge is -2.38. The molecule has 178 valence electrons. The summed E-state index contributed by atoms with van der Waals surface area (Å²) in [6.07, 6.45) is 3.39. The third kappa shape index (κ3) is 6.34. The molecule has 0 aromatic carbocycles. The molecule has 5 atom stereocenters. The Morgan fingerprint density at radius 1 is 1.28 bits per heavy atom. The highest BCUT2D eigenvalue weighted by molar-refractivity contribution is 8.04. The molecule has 3 rings (SSSR count). The number of nitrogens with one attached hydrogen (secondary N) is 7. The number of thioether (sulfide) groups is 1. The minimum absolute atomic E-state index is 0.0330. The Bertz CT molecular complexity index is 728. The molecule has 11 nitrogen and oxygen atoms in total. The number of carbonyl (C=O) groups is 2. The molecule has 3 aliphatic rings. The predicted octanol–water partition coefficient (Wildman–Crippen LogP) is -2.39. The standard InChI is InChI=1S/C20H35N9O2S/c1-22-17-16(27-12-28-17)18(23-2)29-7-8-32-15(11-29)20(31)26-6-5-25-19(30)14-9-13(10-21)3-4-24-14/h11,13-14,16-18,22-24,27-28H,3-9,12H2,1-2H3,(H,25,30)(H,26,31). The van der Waals surface area contributed by atoms with Crippen LogP contribution in [0, 0.1) is 17.2 Å². The molecular formula is C20H35N9O2S. The van der Waals surface area contributed by atoms with E-state index in [-0.39, 0.29) is 42.1 Å². The van der Waals surface area contributed by atoms with Crippen molar-refractivity contribution in [1.29, 1.82) is 5.26 Å². The van der Waals surface area contributed by atoms with Gasteiger partial charge in [-0.25, -0.2) is 0 Å². The van der Waals surface area contributed by atoms with Gasteiger partial charge in [-0.15, -0.1) is 11.8 Å². The fraction of sp³-hybridized carbons (Fsp3) is 0.750. The fourth-order valence-corrected chi connectivity index (χ4v) is 5.26. The second-order valence-corrected chi connectivity index (χ2v) is 9.23. The Hall–Kier alpha value is -1.88. The van der Waals surface area contributed by atoms with Crippen molar-refractivity contribution in [3.63, 3.8) is 0 Å². The third-order valence-electron chi connectivity index (χ3n) is 6.05. The van der Waals surface area contributed by atoms with Crippen LogP contribution >= 0.6 is 11.8 Å². The third-order valence-corrected chi connectivity index (χ3v) is 7.04. The summed E-state index contributed by atoms with van der Waals surface area (Å²) >= 11 is 1.54. The first-order chi connectivity index (χ1) is 15.6. The van der Waals surface area contributed by atoms with E-state index in [1.165, 1.54) is 0 Å². The van der Waals surface area contributed by atoms with Crippen LogP contribution in [0.1, 0.15) is 12.8 Å². The molecule has 0 aliphatic carbocycles. The number of nitriles is 1. The smallest absolute Gasteiger partial charge is 0.259 e. The maximum absolute atomic E-state index is 12.7. The van der Waals surface area contributed by atoms with E-state index >= 15 is 0 Å². The van der Waals surface area contributed by atoms with Gasteiger partial charge in [0.05, 0.1) is 35.4 Å². The summed E-state index contributed by atoms with van der Waals surface area (Å²) in [5, 5.41) is 31.4. The molecule has 12 heteroatoms. The lowest BCUT2D eigenvalue weighted by atomic mass is 9.93. The summed E-state index contributed by atoms with van der Waals surface area (Å²) in [6, 6.07) is 2.05. The average molecular weight is 466 g/mol. The Morgan fingerprint density at radius 2 is 2.09 bits per heavy atom. The average Bonchev–Trinajstić information content (AvgIpc) is 3.30. The summed E-state index contributed by atoms with van der Waals surface area (Å²) < 4.78 is 0. The van der Waals surface area contributed by atoms with Gasteiger partial charge in [0.15, 0.2) is 0 Å². The van der Waals surface area contributed by atoms with Crippen LogP contribution in [0.25, 0.3) is 0 Å². The van der Waals surface area contributed by atoms with Gasteiger partial charge in [-0.3, -0.25) is 25.5 Å². The Kier molecular flexibility index (Phi) is 9.58. The lowest BCUT2D eigenvalue weighted by molar-refractivity contribution is -0.124. The summed E-state index contributed by atoms with van der Waals surface area (Å²) in [5.41, 5.74) is 0. The molecule has 0 saturated carbocycles. The second kappa shape index (κ2) is 12.4. The van der Waals surface area contributed by atoms with Crippen molar-refractivity contribution >= 4 is 23.6 Å². The second-order valence-electron chi connectivity index (χ2n) is 8.09. The van der Waals surface area contributed by atoms with Crippen molar-refractivity contribution in [2.24, 2.45) is 5.92 Å². The van der Waals surface area contributed by atoms with Crippen LogP contribution in [0.4, 0.5) is 0 Å². The number of likely N-dealkylation sites (N-methyl/N-ethyl adjacent to an activating group) is 2. The first-order valence-corrected chi connectivity index (χ1v) is 12.2. The highest BCUT2D eigenvalue weighted by Crippen LogP contribution is 2.24. The molecule has 3 heterocycles. The van der Waals surface area contributed by atoms with Crippen LogP contribution < -0.4 is 37.2 Å². The van der Waals surface area contributed by atoms with Crippen LogP contribution in [0.3, 0.4) is 0 Å². The molecule has 5 unspecified atom stereocenters. The van der Waals surface area contributed by atoms with Gasteiger partial charge in [-0.2, -0.15) is 5.26 Å². The highest BCUT2D eigenvalue weighted by atomic mass is 32.2. The van der Waals surface area contributed by atoms with Crippen LogP contribution in [-0.2, 0) is 9.59 Å². The van der Waals surface area contributed by atoms with Gasteiger partial charge < -0.3 is 26.2 Å². The van der Waals surface area contributed by atoms with E-state index in [1.807, 2.05) is 20.3 Å². The maximum Gasteiger partial charge on any atom is 0.259 e. The molecule has 0 bridgehead atoms. The van der Waals surface area contributed by atoms with E-state index < -0.39 is 0 Å². The monoisotopic (exact) mass is 465 g/mol. The molecule has 2 saturated heterocycles. The zero-order valence-electron chi connectivity index (χ0n) is 18.7. The number of hydrogen-bond acceptors (Lipinski definition) is 10. The molecule has 7 N–H and O–H groups in total. The van der Waals surface area contributed by atoms with Crippen molar-refractivity contribution in [2.45, 2.75) is 37.3 Å². The summed E-state index contributed by atoms with van der Waals surface area (Å²) in [4.78, 5) is 27.8. The Morgan fingerprint density at radius 3 is 2.84 bits per heavy atom. The van der Waals surface area contributed by atoms with Gasteiger partial charge >= 0.3 is 0 Å². The number of hydrogen-bond donors (Lipinski definition) is 7. The zero-order chi connectivity index (χ0) is 22.9. The topological polar surface area (TPSA) is 145 Å². The van der Waals surface area contributed by atoms with E-state index in [4.69, 9.17) is 5.26 Å². The van der Waals surface area contributed by atoms with Crippen LogP contribution in [0.2, 0.25) is 0 Å². The van der Waals surface area contributed by atoms with E-state index in [9.17, 15) is 9.59 Å². The normalized spacial score (nSPS) is 29.0. The fourth-order valence-electron chi connectivity index (χ4n) is 4.32. The molecular weight excluding hydrogens is 430 g/mol. The summed E-state index contributed by atoms with van der Waals surface area (Å²) in [7, 11) is 3.85. The van der Waals surface area contributed by atoms with E-state index in [2.05, 4.69) is 48.2 Å². The lowest BCUT2D eigenvalue weighted by Crippen LogP contribution is -2.60. The first kappa shape index (κ1) is 24.8. The van der Waals surface area contributed by atoms with Gasteiger partial charge in [0.25, 0.3) is 5.91 Å². The first-order valence-electron chi connectivity index (χ1n) is 11.2. The molecule has 32 heavy (non-hydrogen) atoms. The summed E-state index contributed by atoms with van der Waals surface area (Å²) in [5.74, 6) is 0.494. The van der Waals surface area contributed by atoms with Crippen molar-refractivity contribution < 1.29 is 9.59 Å². The van der Waals surface area contributed by atoms with Crippen molar-refractivity contribution in [1.82, 2.24) is 42.1 Å². The van der Waals surface area contributed by atoms with Crippen molar-refractivity contribution in [2.75, 3.05) is 52.7 Å². The van der Waals surface area contributed by atoms with E-state index in [1.54, 1.807) is 11.8 Å². The number of piperidine rings is 1. The predicted molar refractivity (Wildman–Crippen MR) is 124 cm³/mol. The van der Waals surface area contributed by atoms with Crippen LogP contribution in [-0.4, -0.2) is 93.8 Å². The van der Waals surface area contributed by atoms with Gasteiger partial charge in [0.2, 0.25) is 5.91 Å². The van der Waals surface area contributed by atoms with Gasteiger partial charge in [-0.05, 0) is 33.5 Å². The van der Waals surface area contributed by atoms with Gasteiger partial charge in [-0.1, -0.05) is 0 Å². The minimum atomic E-state index is -0.340. The van der Waals surface area contributed by atoms with E-state index in [0.29, 0.717) is 31.0 Å².